The van der Waals surface area contributed by atoms with Crippen molar-refractivity contribution in [1.29, 1.82) is 0 Å². The minimum absolute atomic E-state index is 0.139. The number of hydrogen-bond acceptors (Lipinski definition) is 9. The smallest absolute Gasteiger partial charge is 0.308 e. The summed E-state index contributed by atoms with van der Waals surface area (Å²) >= 11 is 0. The van der Waals surface area contributed by atoms with Gasteiger partial charge in [0.15, 0.2) is 5.96 Å². The summed E-state index contributed by atoms with van der Waals surface area (Å²) in [5, 5.41) is 11.9. The first-order valence-corrected chi connectivity index (χ1v) is 11.0. The zero-order valence-electron chi connectivity index (χ0n) is 18.8. The van der Waals surface area contributed by atoms with Gasteiger partial charge in [0.2, 0.25) is 5.88 Å². The Kier molecular flexibility index (Phi) is 7.23. The number of benzene rings is 1. The summed E-state index contributed by atoms with van der Waals surface area (Å²) in [6.45, 7) is 4.94. The number of hydrogen-bond donors (Lipinski definition) is 2. The molecule has 3 aromatic rings. The minimum Gasteiger partial charge on any atom is -0.492 e. The molecule has 0 radical (unpaired) electrons. The van der Waals surface area contributed by atoms with Gasteiger partial charge < -0.3 is 24.8 Å². The van der Waals surface area contributed by atoms with Crippen LogP contribution in [-0.2, 0) is 9.53 Å². The van der Waals surface area contributed by atoms with Gasteiger partial charge in [-0.25, -0.2) is 4.98 Å². The van der Waals surface area contributed by atoms with Gasteiger partial charge in [0.1, 0.15) is 12.4 Å². The summed E-state index contributed by atoms with van der Waals surface area (Å²) < 4.78 is 18.0. The largest absolute Gasteiger partial charge is 0.492 e. The highest BCUT2D eigenvalue weighted by Crippen LogP contribution is 2.29. The van der Waals surface area contributed by atoms with Gasteiger partial charge in [0.05, 0.1) is 51.0 Å². The number of aromatic nitrogens is 3. The molecule has 1 atom stereocenters. The van der Waals surface area contributed by atoms with Crippen LogP contribution in [0, 0.1) is 0 Å². The molecule has 4 rings (SSSR count). The second kappa shape index (κ2) is 10.7. The highest BCUT2D eigenvalue weighted by molar-refractivity contribution is 5.81. The van der Waals surface area contributed by atoms with Crippen molar-refractivity contribution in [2.75, 3.05) is 40.0 Å². The molecule has 0 spiro atoms. The average molecular weight is 453 g/mol. The van der Waals surface area contributed by atoms with Gasteiger partial charge in [0, 0.05) is 24.2 Å². The fraction of sp³-hybridized carbons (Fsp3) is 0.391. The van der Waals surface area contributed by atoms with Crippen molar-refractivity contribution < 1.29 is 19.0 Å². The summed E-state index contributed by atoms with van der Waals surface area (Å²) in [5.41, 5.74) is 1.72. The fourth-order valence-corrected chi connectivity index (χ4v) is 3.66. The molecule has 0 saturated carbocycles. The maximum atomic E-state index is 12.3. The number of ether oxygens (including phenoxy) is 3. The molecular weight excluding hydrogens is 424 g/mol. The number of fused-ring (bicyclic) bond motifs is 1. The Bertz CT molecular complexity index is 1110. The summed E-state index contributed by atoms with van der Waals surface area (Å²) in [6, 6.07) is 9.08. The van der Waals surface area contributed by atoms with Crippen molar-refractivity contribution in [2.45, 2.75) is 19.4 Å². The number of carbonyl (C=O) groups excluding carboxylic acids is 1. The first-order valence-electron chi connectivity index (χ1n) is 11.0. The Morgan fingerprint density at radius 2 is 2.18 bits per heavy atom. The summed E-state index contributed by atoms with van der Waals surface area (Å²) in [4.78, 5) is 20.9. The lowest BCUT2D eigenvalue weighted by Crippen LogP contribution is -2.36. The van der Waals surface area contributed by atoms with Crippen LogP contribution in [0.2, 0.25) is 0 Å². The van der Waals surface area contributed by atoms with Crippen LogP contribution in [0.15, 0.2) is 47.7 Å². The number of aliphatic imine (C=N–C) groups is 1. The molecule has 10 heteroatoms. The molecule has 10 nitrogen and oxygen atoms in total. The van der Waals surface area contributed by atoms with E-state index in [0.29, 0.717) is 25.6 Å². The Morgan fingerprint density at radius 3 is 2.91 bits per heavy atom. The second-order valence-electron chi connectivity index (χ2n) is 7.40. The quantitative estimate of drug-likeness (QED) is 0.354. The predicted octanol–water partition coefficient (Wildman–Crippen LogP) is 1.91. The molecule has 1 aliphatic rings. The van der Waals surface area contributed by atoms with E-state index in [-0.39, 0.29) is 18.4 Å². The van der Waals surface area contributed by atoms with E-state index in [0.717, 1.165) is 41.3 Å². The third-order valence-electron chi connectivity index (χ3n) is 5.22. The number of nitrogens with one attached hydrogen (secondary N) is 2. The van der Waals surface area contributed by atoms with Gasteiger partial charge in [-0.3, -0.25) is 14.5 Å². The summed E-state index contributed by atoms with van der Waals surface area (Å²) in [6.07, 6.45) is 3.61. The van der Waals surface area contributed by atoms with E-state index in [9.17, 15) is 4.79 Å². The fourth-order valence-electron chi connectivity index (χ4n) is 3.66. The van der Waals surface area contributed by atoms with E-state index in [1.54, 1.807) is 32.5 Å². The lowest BCUT2D eigenvalue weighted by molar-refractivity contribution is -0.143. The lowest BCUT2D eigenvalue weighted by Gasteiger charge is -2.18. The van der Waals surface area contributed by atoms with Crippen molar-refractivity contribution in [3.8, 4) is 11.6 Å². The van der Waals surface area contributed by atoms with E-state index >= 15 is 0 Å². The first-order chi connectivity index (χ1) is 16.2. The third kappa shape index (κ3) is 5.51. The van der Waals surface area contributed by atoms with Crippen LogP contribution in [0.25, 0.3) is 10.9 Å². The molecule has 2 N–H and O–H groups in total. The molecular formula is C23H28N6O4. The maximum Gasteiger partial charge on any atom is 0.308 e. The number of carbonyl (C=O) groups is 1. The standard InChI is InChI=1S/C23H28N6O4/c1-3-32-22(30)13-20(16-4-7-21(31-2)27-14-16)29-19-6-5-18(12-17(19)15-28-29)33-11-10-26-23-24-8-9-25-23/h4-7,12,14-15,20H,3,8-11,13H2,1-2H3,(H2,24,25,26). The molecule has 2 aromatic heterocycles. The number of nitrogens with zero attached hydrogens (tertiary/aromatic N) is 4. The molecule has 0 bridgehead atoms. The SMILES string of the molecule is CCOC(=O)CC(c1ccc(OC)nc1)n1ncc2cc(OCCNC3=NCCN3)ccc21. The molecule has 0 amide bonds. The molecule has 0 fully saturated rings. The normalized spacial score (nSPS) is 13.8. The molecule has 1 unspecified atom stereocenters. The van der Waals surface area contributed by atoms with E-state index < -0.39 is 0 Å². The zero-order valence-corrected chi connectivity index (χ0v) is 18.8. The number of guanidine groups is 1. The highest BCUT2D eigenvalue weighted by Gasteiger charge is 2.22. The van der Waals surface area contributed by atoms with Gasteiger partial charge in [-0.1, -0.05) is 0 Å². The number of esters is 1. The second-order valence-corrected chi connectivity index (χ2v) is 7.40. The van der Waals surface area contributed by atoms with E-state index in [1.165, 1.54) is 0 Å². The third-order valence-corrected chi connectivity index (χ3v) is 5.22. The molecule has 0 aliphatic carbocycles. The van der Waals surface area contributed by atoms with Crippen LogP contribution in [0.1, 0.15) is 24.9 Å². The van der Waals surface area contributed by atoms with Gasteiger partial charge in [-0.05, 0) is 36.8 Å². The summed E-state index contributed by atoms with van der Waals surface area (Å²) in [5.74, 6) is 1.77. The molecule has 1 aliphatic heterocycles. The van der Waals surface area contributed by atoms with E-state index in [4.69, 9.17) is 14.2 Å². The van der Waals surface area contributed by atoms with Crippen LogP contribution >= 0.6 is 0 Å². The van der Waals surface area contributed by atoms with Crippen LogP contribution in [-0.4, -0.2) is 66.7 Å². The number of rotatable bonds is 10. The first kappa shape index (κ1) is 22.4. The van der Waals surface area contributed by atoms with Crippen molar-refractivity contribution >= 4 is 22.8 Å². The Hall–Kier alpha value is -3.82. The molecule has 0 saturated heterocycles. The van der Waals surface area contributed by atoms with Crippen LogP contribution < -0.4 is 20.1 Å². The van der Waals surface area contributed by atoms with Crippen molar-refractivity contribution in [1.82, 2.24) is 25.4 Å². The maximum absolute atomic E-state index is 12.3. The monoisotopic (exact) mass is 452 g/mol. The molecule has 1 aromatic carbocycles. The van der Waals surface area contributed by atoms with E-state index in [2.05, 4.69) is 25.7 Å². The summed E-state index contributed by atoms with van der Waals surface area (Å²) in [7, 11) is 1.56. The topological polar surface area (TPSA) is 112 Å². The van der Waals surface area contributed by atoms with Gasteiger partial charge in [0.25, 0.3) is 0 Å². The van der Waals surface area contributed by atoms with Gasteiger partial charge >= 0.3 is 5.97 Å². The average Bonchev–Trinajstić information content (AvgIpc) is 3.50. The number of pyridine rings is 1. The van der Waals surface area contributed by atoms with Crippen LogP contribution in [0.4, 0.5) is 0 Å². The van der Waals surface area contributed by atoms with Crippen molar-refractivity contribution in [3.05, 3.63) is 48.3 Å². The van der Waals surface area contributed by atoms with Gasteiger partial charge in [-0.2, -0.15) is 5.10 Å². The predicted molar refractivity (Wildman–Crippen MR) is 124 cm³/mol. The zero-order chi connectivity index (χ0) is 23.0. The molecule has 174 valence electrons. The van der Waals surface area contributed by atoms with Crippen molar-refractivity contribution in [3.63, 3.8) is 0 Å². The van der Waals surface area contributed by atoms with E-state index in [1.807, 2.05) is 28.9 Å². The van der Waals surface area contributed by atoms with Crippen LogP contribution in [0.5, 0.6) is 11.6 Å². The Labute approximate surface area is 192 Å². The Balaban J connectivity index is 1.51. The minimum atomic E-state index is -0.365. The van der Waals surface area contributed by atoms with Crippen LogP contribution in [0.3, 0.4) is 0 Å². The Morgan fingerprint density at radius 1 is 1.27 bits per heavy atom. The van der Waals surface area contributed by atoms with Gasteiger partial charge in [-0.15, -0.1) is 0 Å². The lowest BCUT2D eigenvalue weighted by atomic mass is 10.1. The molecule has 33 heavy (non-hydrogen) atoms. The highest BCUT2D eigenvalue weighted by atomic mass is 16.5. The van der Waals surface area contributed by atoms with Crippen molar-refractivity contribution in [2.24, 2.45) is 4.99 Å². The molecule has 3 heterocycles. The number of methoxy groups -OCH3 is 1.